The van der Waals surface area contributed by atoms with Crippen LogP contribution < -0.4 is 10.6 Å². The minimum Gasteiger partial charge on any atom is -0.459 e. The lowest BCUT2D eigenvalue weighted by Gasteiger charge is -2.12. The topological polar surface area (TPSA) is 72.1 Å². The number of amides is 2. The fourth-order valence-electron chi connectivity index (χ4n) is 2.52. The van der Waals surface area contributed by atoms with Crippen molar-refractivity contribution in [1.29, 1.82) is 0 Å². The Labute approximate surface area is 128 Å². The first-order chi connectivity index (χ1) is 10.5. The van der Waals surface area contributed by atoms with Gasteiger partial charge in [0.15, 0.2) is 0 Å². The molecule has 2 amide bonds. The lowest BCUT2D eigenvalue weighted by molar-refractivity contribution is 0.248. The predicted octanol–water partition coefficient (Wildman–Crippen LogP) is 3.36. The molecular formula is C16H18N4O2. The summed E-state index contributed by atoms with van der Waals surface area (Å²) in [7, 11) is 1.80. The molecule has 0 radical (unpaired) electrons. The summed E-state index contributed by atoms with van der Waals surface area (Å²) in [5, 5.41) is 10.7. The number of furan rings is 1. The van der Waals surface area contributed by atoms with Gasteiger partial charge in [0.25, 0.3) is 0 Å². The summed E-state index contributed by atoms with van der Waals surface area (Å²) >= 11 is 0. The number of urea groups is 1. The summed E-state index contributed by atoms with van der Waals surface area (Å²) in [6.07, 6.45) is 3.33. The highest BCUT2D eigenvalue weighted by Gasteiger charge is 2.18. The number of benzene rings is 1. The van der Waals surface area contributed by atoms with E-state index >= 15 is 0 Å². The molecule has 0 saturated carbocycles. The van der Waals surface area contributed by atoms with Crippen LogP contribution >= 0.6 is 0 Å². The Hall–Kier alpha value is -2.76. The monoisotopic (exact) mass is 298 g/mol. The number of carbonyl (C=O) groups excluding carboxylic acids is 1. The number of carbonyl (C=O) groups is 1. The molecule has 0 aliphatic heterocycles. The maximum Gasteiger partial charge on any atom is 0.319 e. The molecule has 2 N–H and O–H groups in total. The molecule has 0 unspecified atom stereocenters. The lowest BCUT2D eigenvalue weighted by Crippen LogP contribution is -2.31. The third-order valence-electron chi connectivity index (χ3n) is 3.58. The Bertz CT molecular complexity index is 819. The second-order valence-electron chi connectivity index (χ2n) is 5.31. The summed E-state index contributed by atoms with van der Waals surface area (Å²) in [5.74, 6) is 0.766. The van der Waals surface area contributed by atoms with Crippen molar-refractivity contribution >= 4 is 22.7 Å². The molecule has 0 spiro atoms. The normalized spacial score (nSPS) is 12.3. The van der Waals surface area contributed by atoms with Crippen molar-refractivity contribution < 1.29 is 9.21 Å². The van der Waals surface area contributed by atoms with Gasteiger partial charge in [0.1, 0.15) is 11.3 Å². The Morgan fingerprint density at radius 1 is 1.36 bits per heavy atom. The largest absolute Gasteiger partial charge is 0.459 e. The van der Waals surface area contributed by atoms with E-state index in [0.29, 0.717) is 5.69 Å². The summed E-state index contributed by atoms with van der Waals surface area (Å²) in [6, 6.07) is 7.32. The molecule has 0 aliphatic carbocycles. The van der Waals surface area contributed by atoms with E-state index in [1.165, 1.54) is 0 Å². The third-order valence-corrected chi connectivity index (χ3v) is 3.58. The number of aromatic nitrogens is 2. The molecule has 2 aromatic heterocycles. The van der Waals surface area contributed by atoms with Crippen LogP contribution in [0.5, 0.6) is 0 Å². The molecule has 0 fully saturated rings. The molecule has 6 heteroatoms. The van der Waals surface area contributed by atoms with Crippen LogP contribution in [0, 0.1) is 6.92 Å². The van der Waals surface area contributed by atoms with Gasteiger partial charge in [0.05, 0.1) is 17.9 Å². The first-order valence-corrected chi connectivity index (χ1v) is 7.09. The van der Waals surface area contributed by atoms with Crippen molar-refractivity contribution in [3.8, 4) is 0 Å². The maximum atomic E-state index is 12.0. The molecular weight excluding hydrogens is 280 g/mol. The van der Waals surface area contributed by atoms with Crippen molar-refractivity contribution in [2.24, 2.45) is 7.05 Å². The summed E-state index contributed by atoms with van der Waals surface area (Å²) in [5.41, 5.74) is 2.52. The molecule has 2 heterocycles. The second kappa shape index (κ2) is 5.55. The SMILES string of the molecule is Cc1c([C@@H](C)NC(=O)Nc2cnn(C)c2)oc2ccccc12. The molecule has 1 aromatic carbocycles. The fraction of sp³-hybridized carbons (Fsp3) is 0.250. The number of hydrogen-bond donors (Lipinski definition) is 2. The number of nitrogens with one attached hydrogen (secondary N) is 2. The van der Waals surface area contributed by atoms with Crippen LogP contribution in [0.15, 0.2) is 41.1 Å². The van der Waals surface area contributed by atoms with E-state index < -0.39 is 0 Å². The van der Waals surface area contributed by atoms with Crippen molar-refractivity contribution in [2.75, 3.05) is 5.32 Å². The van der Waals surface area contributed by atoms with Crippen molar-refractivity contribution in [2.45, 2.75) is 19.9 Å². The highest BCUT2D eigenvalue weighted by Crippen LogP contribution is 2.29. The van der Waals surface area contributed by atoms with Gasteiger partial charge in [0.2, 0.25) is 0 Å². The first-order valence-electron chi connectivity index (χ1n) is 7.09. The van der Waals surface area contributed by atoms with Crippen LogP contribution in [-0.2, 0) is 7.05 Å². The average molecular weight is 298 g/mol. The highest BCUT2D eigenvalue weighted by atomic mass is 16.3. The zero-order valence-corrected chi connectivity index (χ0v) is 12.8. The smallest absolute Gasteiger partial charge is 0.319 e. The Balaban J connectivity index is 1.74. The fourth-order valence-corrected chi connectivity index (χ4v) is 2.52. The quantitative estimate of drug-likeness (QED) is 0.778. The van der Waals surface area contributed by atoms with Gasteiger partial charge in [-0.1, -0.05) is 18.2 Å². The number of rotatable bonds is 3. The van der Waals surface area contributed by atoms with E-state index in [0.717, 1.165) is 22.3 Å². The molecule has 3 rings (SSSR count). The van der Waals surface area contributed by atoms with E-state index in [1.54, 1.807) is 24.1 Å². The molecule has 6 nitrogen and oxygen atoms in total. The van der Waals surface area contributed by atoms with Gasteiger partial charge < -0.3 is 15.1 Å². The van der Waals surface area contributed by atoms with E-state index in [9.17, 15) is 4.79 Å². The van der Waals surface area contributed by atoms with Gasteiger partial charge in [-0.15, -0.1) is 0 Å². The van der Waals surface area contributed by atoms with E-state index in [-0.39, 0.29) is 12.1 Å². The van der Waals surface area contributed by atoms with Crippen molar-refractivity contribution in [3.63, 3.8) is 0 Å². The Morgan fingerprint density at radius 3 is 2.82 bits per heavy atom. The van der Waals surface area contributed by atoms with Crippen LogP contribution in [-0.4, -0.2) is 15.8 Å². The predicted molar refractivity (Wildman–Crippen MR) is 84.7 cm³/mol. The van der Waals surface area contributed by atoms with Crippen molar-refractivity contribution in [3.05, 3.63) is 48.0 Å². The van der Waals surface area contributed by atoms with Crippen LogP contribution in [0.2, 0.25) is 0 Å². The van der Waals surface area contributed by atoms with Crippen LogP contribution in [0.25, 0.3) is 11.0 Å². The number of anilines is 1. The average Bonchev–Trinajstić information content (AvgIpc) is 3.03. The molecule has 0 aliphatic rings. The standard InChI is InChI=1S/C16H18N4O2/c1-10-13-6-4-5-7-14(13)22-15(10)11(2)18-16(21)19-12-8-17-20(3)9-12/h4-9,11H,1-3H3,(H2,18,19,21)/t11-/m1/s1. The lowest BCUT2D eigenvalue weighted by atomic mass is 10.1. The zero-order valence-electron chi connectivity index (χ0n) is 12.8. The van der Waals surface area contributed by atoms with Gasteiger partial charge in [-0.05, 0) is 19.9 Å². The van der Waals surface area contributed by atoms with Crippen LogP contribution in [0.3, 0.4) is 0 Å². The molecule has 0 saturated heterocycles. The minimum absolute atomic E-state index is 0.232. The summed E-state index contributed by atoms with van der Waals surface area (Å²) in [6.45, 7) is 3.89. The number of fused-ring (bicyclic) bond motifs is 1. The number of para-hydroxylation sites is 1. The van der Waals surface area contributed by atoms with E-state index in [2.05, 4.69) is 15.7 Å². The molecule has 114 valence electrons. The first kappa shape index (κ1) is 14.2. The maximum absolute atomic E-state index is 12.0. The summed E-state index contributed by atoms with van der Waals surface area (Å²) < 4.78 is 7.48. The summed E-state index contributed by atoms with van der Waals surface area (Å²) in [4.78, 5) is 12.0. The van der Waals surface area contributed by atoms with Crippen LogP contribution in [0.4, 0.5) is 10.5 Å². The van der Waals surface area contributed by atoms with Gasteiger partial charge in [-0.3, -0.25) is 4.68 Å². The molecule has 22 heavy (non-hydrogen) atoms. The minimum atomic E-state index is -0.291. The number of nitrogens with zero attached hydrogens (tertiary/aromatic N) is 2. The van der Waals surface area contributed by atoms with Gasteiger partial charge >= 0.3 is 6.03 Å². The Morgan fingerprint density at radius 2 is 2.14 bits per heavy atom. The van der Waals surface area contributed by atoms with Gasteiger partial charge in [-0.2, -0.15) is 5.10 Å². The third kappa shape index (κ3) is 2.67. The van der Waals surface area contributed by atoms with Gasteiger partial charge in [0, 0.05) is 24.2 Å². The molecule has 3 aromatic rings. The highest BCUT2D eigenvalue weighted by molar-refractivity contribution is 5.89. The number of aryl methyl sites for hydroxylation is 2. The van der Waals surface area contributed by atoms with E-state index in [4.69, 9.17) is 4.42 Å². The van der Waals surface area contributed by atoms with E-state index in [1.807, 2.05) is 38.1 Å². The molecule has 0 bridgehead atoms. The zero-order chi connectivity index (χ0) is 15.7. The second-order valence-corrected chi connectivity index (χ2v) is 5.31. The van der Waals surface area contributed by atoms with Crippen molar-refractivity contribution in [1.82, 2.24) is 15.1 Å². The van der Waals surface area contributed by atoms with Crippen LogP contribution in [0.1, 0.15) is 24.3 Å². The number of hydrogen-bond acceptors (Lipinski definition) is 3. The Kier molecular flexibility index (Phi) is 3.58. The van der Waals surface area contributed by atoms with Gasteiger partial charge in [-0.25, -0.2) is 4.79 Å². The molecule has 1 atom stereocenters.